The third-order valence-electron chi connectivity index (χ3n) is 4.13. The van der Waals surface area contributed by atoms with Crippen LogP contribution in [0.4, 0.5) is 9.59 Å². The van der Waals surface area contributed by atoms with Gasteiger partial charge in [0.05, 0.1) is 13.2 Å². The summed E-state index contributed by atoms with van der Waals surface area (Å²) in [5, 5.41) is 2.97. The molecule has 0 radical (unpaired) electrons. The minimum atomic E-state index is -0.403. The highest BCUT2D eigenvalue weighted by Crippen LogP contribution is 2.42. The van der Waals surface area contributed by atoms with Gasteiger partial charge >= 0.3 is 12.2 Å². The molecule has 6 nitrogen and oxygen atoms in total. The van der Waals surface area contributed by atoms with Crippen LogP contribution in [0.2, 0.25) is 0 Å². The number of nitrogens with one attached hydrogen (secondary N) is 1. The summed E-state index contributed by atoms with van der Waals surface area (Å²) in [7, 11) is 1.76. The largest absolute Gasteiger partial charge is 0.450 e. The minimum Gasteiger partial charge on any atom is -0.450 e. The lowest BCUT2D eigenvalue weighted by atomic mass is 9.66. The molecule has 22 heavy (non-hydrogen) atoms. The summed E-state index contributed by atoms with van der Waals surface area (Å²) < 4.78 is 10.1. The second-order valence-corrected chi connectivity index (χ2v) is 7.12. The van der Waals surface area contributed by atoms with Crippen molar-refractivity contribution in [3.8, 4) is 0 Å². The van der Waals surface area contributed by atoms with Crippen molar-refractivity contribution in [2.75, 3.05) is 20.3 Å². The molecule has 0 heterocycles. The fourth-order valence-electron chi connectivity index (χ4n) is 3.59. The molecule has 1 rings (SSSR count). The lowest BCUT2D eigenvalue weighted by Gasteiger charge is -2.48. The Morgan fingerprint density at radius 2 is 1.73 bits per heavy atom. The molecule has 0 saturated heterocycles. The van der Waals surface area contributed by atoms with E-state index in [0.29, 0.717) is 19.6 Å². The molecule has 1 saturated carbocycles. The summed E-state index contributed by atoms with van der Waals surface area (Å²) >= 11 is 0. The molecule has 0 aliphatic heterocycles. The average molecular weight is 314 g/mol. The summed E-state index contributed by atoms with van der Waals surface area (Å²) in [6.45, 7) is 10.6. The van der Waals surface area contributed by atoms with Gasteiger partial charge < -0.3 is 19.7 Å². The fourth-order valence-corrected chi connectivity index (χ4v) is 3.59. The first kappa shape index (κ1) is 18.6. The van der Waals surface area contributed by atoms with Gasteiger partial charge in [-0.25, -0.2) is 9.59 Å². The van der Waals surface area contributed by atoms with E-state index in [0.717, 1.165) is 12.8 Å². The van der Waals surface area contributed by atoms with E-state index < -0.39 is 11.6 Å². The van der Waals surface area contributed by atoms with Gasteiger partial charge in [-0.05, 0) is 45.4 Å². The first-order valence-electron chi connectivity index (χ1n) is 7.97. The third-order valence-corrected chi connectivity index (χ3v) is 4.13. The number of amides is 2. The zero-order valence-electron chi connectivity index (χ0n) is 14.7. The van der Waals surface area contributed by atoms with E-state index in [9.17, 15) is 9.59 Å². The van der Waals surface area contributed by atoms with Crippen LogP contribution in [0.1, 0.15) is 53.9 Å². The van der Waals surface area contributed by atoms with Crippen molar-refractivity contribution in [1.29, 1.82) is 0 Å². The van der Waals surface area contributed by atoms with Crippen molar-refractivity contribution < 1.29 is 19.1 Å². The Morgan fingerprint density at radius 3 is 2.27 bits per heavy atom. The van der Waals surface area contributed by atoms with Crippen molar-refractivity contribution in [2.45, 2.75) is 65.5 Å². The molecule has 0 aromatic rings. The number of ether oxygens (including phenoxy) is 2. The normalized spacial score (nSPS) is 26.9. The van der Waals surface area contributed by atoms with Crippen molar-refractivity contribution in [3.05, 3.63) is 0 Å². The van der Waals surface area contributed by atoms with Gasteiger partial charge in [-0.2, -0.15) is 0 Å². The van der Waals surface area contributed by atoms with Gasteiger partial charge in [0.15, 0.2) is 0 Å². The third kappa shape index (κ3) is 5.07. The maximum atomic E-state index is 12.0. The highest BCUT2D eigenvalue weighted by molar-refractivity contribution is 5.69. The maximum Gasteiger partial charge on any atom is 0.409 e. The van der Waals surface area contributed by atoms with Crippen LogP contribution in [0.3, 0.4) is 0 Å². The molecule has 1 aliphatic carbocycles. The first-order valence-corrected chi connectivity index (χ1v) is 7.97. The summed E-state index contributed by atoms with van der Waals surface area (Å²) in [6, 6.07) is 0.0229. The minimum absolute atomic E-state index is 0.0118. The lowest BCUT2D eigenvalue weighted by molar-refractivity contribution is 0.0381. The first-order chi connectivity index (χ1) is 10.1. The highest BCUT2D eigenvalue weighted by Gasteiger charge is 2.44. The fraction of sp³-hybridized carbons (Fsp3) is 0.875. The number of carbonyl (C=O) groups excluding carboxylic acids is 2. The molecule has 0 aromatic carbocycles. The van der Waals surface area contributed by atoms with Crippen molar-refractivity contribution >= 4 is 12.2 Å². The van der Waals surface area contributed by atoms with E-state index in [-0.39, 0.29) is 17.6 Å². The van der Waals surface area contributed by atoms with E-state index in [2.05, 4.69) is 19.2 Å². The molecule has 1 fully saturated rings. The molecule has 2 atom stereocenters. The smallest absolute Gasteiger partial charge is 0.409 e. The van der Waals surface area contributed by atoms with Crippen LogP contribution in [0.5, 0.6) is 0 Å². The predicted molar refractivity (Wildman–Crippen MR) is 84.8 cm³/mol. The number of nitrogens with zero attached hydrogens (tertiary/aromatic N) is 1. The maximum absolute atomic E-state index is 12.0. The standard InChI is InChI=1S/C16H30N2O4/c1-7-21-13(19)17-16(5)10-12(9-15(3,4)11-16)18(6)14(20)22-8-2/h12H,7-11H2,1-6H3,(H,17,19). The predicted octanol–water partition coefficient (Wildman–Crippen LogP) is 3.16. The summed E-state index contributed by atoms with van der Waals surface area (Å²) in [6.07, 6.45) is 1.68. The lowest BCUT2D eigenvalue weighted by Crippen LogP contribution is -2.57. The Morgan fingerprint density at radius 1 is 1.14 bits per heavy atom. The number of rotatable bonds is 4. The molecule has 6 heteroatoms. The van der Waals surface area contributed by atoms with Gasteiger partial charge in [0, 0.05) is 18.6 Å². The molecule has 2 unspecified atom stereocenters. The average Bonchev–Trinajstić information content (AvgIpc) is 2.35. The Kier molecular flexibility index (Phi) is 6.08. The zero-order chi connectivity index (χ0) is 17.0. The van der Waals surface area contributed by atoms with E-state index in [1.165, 1.54) is 0 Å². The highest BCUT2D eigenvalue weighted by atomic mass is 16.6. The summed E-state index contributed by atoms with van der Waals surface area (Å²) in [5.41, 5.74) is -0.392. The molecule has 128 valence electrons. The molecular weight excluding hydrogens is 284 g/mol. The molecule has 1 N–H and O–H groups in total. The van der Waals surface area contributed by atoms with Gasteiger partial charge in [0.25, 0.3) is 0 Å². The topological polar surface area (TPSA) is 67.9 Å². The molecule has 0 aromatic heterocycles. The Balaban J connectivity index is 2.84. The van der Waals surface area contributed by atoms with Crippen LogP contribution in [-0.2, 0) is 9.47 Å². The van der Waals surface area contributed by atoms with Crippen LogP contribution in [0.15, 0.2) is 0 Å². The Hall–Kier alpha value is -1.46. The van der Waals surface area contributed by atoms with Crippen LogP contribution >= 0.6 is 0 Å². The molecule has 0 spiro atoms. The summed E-state index contributed by atoms with van der Waals surface area (Å²) in [5.74, 6) is 0. The molecule has 0 bridgehead atoms. The van der Waals surface area contributed by atoms with Crippen molar-refractivity contribution in [1.82, 2.24) is 10.2 Å². The Labute approximate surface area is 133 Å². The second-order valence-electron chi connectivity index (χ2n) is 7.12. The number of carbonyl (C=O) groups is 2. The second kappa shape index (κ2) is 7.20. The van der Waals surface area contributed by atoms with Gasteiger partial charge in [-0.3, -0.25) is 0 Å². The Bertz CT molecular complexity index is 411. The monoisotopic (exact) mass is 314 g/mol. The SMILES string of the molecule is CCOC(=O)NC1(C)CC(N(C)C(=O)OCC)CC(C)(C)C1. The molecule has 2 amide bonds. The van der Waals surface area contributed by atoms with E-state index in [4.69, 9.17) is 9.47 Å². The van der Waals surface area contributed by atoms with Crippen LogP contribution < -0.4 is 5.32 Å². The quantitative estimate of drug-likeness (QED) is 0.865. The molecular formula is C16H30N2O4. The zero-order valence-corrected chi connectivity index (χ0v) is 14.7. The number of alkyl carbamates (subject to hydrolysis) is 1. The van der Waals surface area contributed by atoms with Gasteiger partial charge in [-0.1, -0.05) is 13.8 Å². The van der Waals surface area contributed by atoms with Gasteiger partial charge in [0.2, 0.25) is 0 Å². The van der Waals surface area contributed by atoms with Crippen molar-refractivity contribution in [3.63, 3.8) is 0 Å². The summed E-state index contributed by atoms with van der Waals surface area (Å²) in [4.78, 5) is 25.4. The van der Waals surface area contributed by atoms with Crippen LogP contribution in [0, 0.1) is 5.41 Å². The number of hydrogen-bond acceptors (Lipinski definition) is 4. The molecule has 1 aliphatic rings. The van der Waals surface area contributed by atoms with Crippen LogP contribution in [-0.4, -0.2) is 48.9 Å². The number of hydrogen-bond donors (Lipinski definition) is 1. The van der Waals surface area contributed by atoms with Crippen LogP contribution in [0.25, 0.3) is 0 Å². The van der Waals surface area contributed by atoms with Gasteiger partial charge in [0.1, 0.15) is 0 Å². The van der Waals surface area contributed by atoms with E-state index in [1.54, 1.807) is 25.8 Å². The van der Waals surface area contributed by atoms with Gasteiger partial charge in [-0.15, -0.1) is 0 Å². The van der Waals surface area contributed by atoms with E-state index in [1.807, 2.05) is 6.92 Å². The van der Waals surface area contributed by atoms with Crippen molar-refractivity contribution in [2.24, 2.45) is 5.41 Å². The van der Waals surface area contributed by atoms with E-state index >= 15 is 0 Å².